The first kappa shape index (κ1) is 17.6. The monoisotopic (exact) mass is 385 g/mol. The van der Waals surface area contributed by atoms with Gasteiger partial charge in [0, 0.05) is 30.6 Å². The number of fused-ring (bicyclic) bond motifs is 1. The molecular weight excluding hydrogens is 366 g/mol. The molecule has 0 aliphatic carbocycles. The van der Waals surface area contributed by atoms with Crippen LogP contribution in [0, 0.1) is 0 Å². The van der Waals surface area contributed by atoms with Gasteiger partial charge >= 0.3 is 0 Å². The van der Waals surface area contributed by atoms with Gasteiger partial charge in [-0.2, -0.15) is 4.98 Å². The molecule has 3 aromatic rings. The number of thiazole rings is 1. The van der Waals surface area contributed by atoms with Gasteiger partial charge in [0.2, 0.25) is 5.95 Å². The van der Waals surface area contributed by atoms with Gasteiger partial charge in [-0.05, 0) is 24.6 Å². The van der Waals surface area contributed by atoms with Crippen molar-refractivity contribution in [3.63, 3.8) is 0 Å². The summed E-state index contributed by atoms with van der Waals surface area (Å²) in [6.45, 7) is 1.11. The highest BCUT2D eigenvalue weighted by Gasteiger charge is 2.23. The Balaban J connectivity index is 1.61. The SMILES string of the molecule is NC(=O)c1cnc(N[C@@H]2CCOC[C@@H]2N)nc1Nc1ccc2scnc2c1. The number of primary amides is 1. The number of nitrogens with zero attached hydrogens (tertiary/aromatic N) is 3. The fourth-order valence-corrected chi connectivity index (χ4v) is 3.56. The van der Waals surface area contributed by atoms with E-state index in [-0.39, 0.29) is 17.6 Å². The number of carbonyl (C=O) groups is 1. The molecule has 10 heteroatoms. The van der Waals surface area contributed by atoms with E-state index in [0.29, 0.717) is 25.0 Å². The molecule has 0 saturated carbocycles. The molecule has 1 fully saturated rings. The molecule has 4 rings (SSSR count). The van der Waals surface area contributed by atoms with Crippen LogP contribution >= 0.6 is 11.3 Å². The molecule has 0 radical (unpaired) electrons. The molecule has 0 spiro atoms. The fraction of sp³-hybridized carbons (Fsp3) is 0.294. The molecule has 1 amide bonds. The van der Waals surface area contributed by atoms with Gasteiger partial charge in [0.05, 0.1) is 22.3 Å². The second kappa shape index (κ2) is 7.43. The van der Waals surface area contributed by atoms with Gasteiger partial charge in [-0.3, -0.25) is 4.79 Å². The summed E-state index contributed by atoms with van der Waals surface area (Å²) in [5.41, 5.74) is 15.2. The summed E-state index contributed by atoms with van der Waals surface area (Å²) in [6, 6.07) is 5.59. The molecule has 2 aromatic heterocycles. The smallest absolute Gasteiger partial charge is 0.254 e. The molecule has 9 nitrogen and oxygen atoms in total. The van der Waals surface area contributed by atoms with Gasteiger partial charge < -0.3 is 26.8 Å². The Hall–Kier alpha value is -2.82. The number of benzene rings is 1. The Bertz CT molecular complexity index is 977. The molecule has 140 valence electrons. The number of carbonyl (C=O) groups excluding carboxylic acids is 1. The lowest BCUT2D eigenvalue weighted by Gasteiger charge is -2.29. The van der Waals surface area contributed by atoms with E-state index in [1.807, 2.05) is 18.2 Å². The third kappa shape index (κ3) is 3.82. The van der Waals surface area contributed by atoms with Crippen LogP contribution in [0.3, 0.4) is 0 Å². The average Bonchev–Trinajstić information content (AvgIpc) is 3.11. The number of nitrogens with one attached hydrogen (secondary N) is 2. The number of rotatable bonds is 5. The molecule has 1 aliphatic rings. The lowest BCUT2D eigenvalue weighted by atomic mass is 10.1. The summed E-state index contributed by atoms with van der Waals surface area (Å²) in [6.07, 6.45) is 2.16. The van der Waals surface area contributed by atoms with Crippen molar-refractivity contribution in [2.75, 3.05) is 23.8 Å². The van der Waals surface area contributed by atoms with Crippen LogP contribution in [0.2, 0.25) is 0 Å². The molecule has 2 atom stereocenters. The Morgan fingerprint density at radius 3 is 3.04 bits per heavy atom. The molecule has 27 heavy (non-hydrogen) atoms. The van der Waals surface area contributed by atoms with E-state index in [2.05, 4.69) is 25.6 Å². The number of hydrogen-bond acceptors (Lipinski definition) is 9. The first-order valence-electron chi connectivity index (χ1n) is 8.47. The van der Waals surface area contributed by atoms with Gasteiger partial charge in [-0.1, -0.05) is 0 Å². The van der Waals surface area contributed by atoms with Crippen LogP contribution < -0.4 is 22.1 Å². The zero-order valence-electron chi connectivity index (χ0n) is 14.4. The second-order valence-electron chi connectivity index (χ2n) is 6.26. The maximum Gasteiger partial charge on any atom is 0.254 e. The lowest BCUT2D eigenvalue weighted by Crippen LogP contribution is -2.47. The van der Waals surface area contributed by atoms with Crippen LogP contribution in [0.15, 0.2) is 29.9 Å². The highest BCUT2D eigenvalue weighted by Crippen LogP contribution is 2.25. The minimum atomic E-state index is -0.610. The predicted molar refractivity (Wildman–Crippen MR) is 104 cm³/mol. The van der Waals surface area contributed by atoms with Crippen LogP contribution in [-0.4, -0.2) is 46.2 Å². The third-order valence-electron chi connectivity index (χ3n) is 4.36. The largest absolute Gasteiger partial charge is 0.380 e. The zero-order valence-corrected chi connectivity index (χ0v) is 15.2. The molecule has 6 N–H and O–H groups in total. The summed E-state index contributed by atoms with van der Waals surface area (Å²) in [7, 11) is 0. The number of anilines is 3. The molecule has 1 aromatic carbocycles. The molecule has 1 saturated heterocycles. The topological polar surface area (TPSA) is 141 Å². The predicted octanol–water partition coefficient (Wildman–Crippen LogP) is 1.46. The zero-order chi connectivity index (χ0) is 18.8. The maximum absolute atomic E-state index is 11.8. The number of nitrogens with two attached hydrogens (primary N) is 2. The minimum absolute atomic E-state index is 0.00242. The van der Waals surface area contributed by atoms with Crippen molar-refractivity contribution in [2.45, 2.75) is 18.5 Å². The molecular formula is C17H19N7O2S. The van der Waals surface area contributed by atoms with E-state index in [1.165, 1.54) is 6.20 Å². The van der Waals surface area contributed by atoms with Crippen LogP contribution in [-0.2, 0) is 4.74 Å². The summed E-state index contributed by atoms with van der Waals surface area (Å²) >= 11 is 1.56. The normalized spacial score (nSPS) is 19.7. The first-order chi connectivity index (χ1) is 13.1. The van der Waals surface area contributed by atoms with Gasteiger partial charge in [0.1, 0.15) is 11.4 Å². The van der Waals surface area contributed by atoms with Crippen molar-refractivity contribution >= 4 is 44.9 Å². The molecule has 3 heterocycles. The minimum Gasteiger partial charge on any atom is -0.380 e. The molecule has 0 unspecified atom stereocenters. The van der Waals surface area contributed by atoms with Gasteiger partial charge in [0.25, 0.3) is 5.91 Å². The van der Waals surface area contributed by atoms with E-state index in [9.17, 15) is 4.79 Å². The quantitative estimate of drug-likeness (QED) is 0.517. The highest BCUT2D eigenvalue weighted by molar-refractivity contribution is 7.16. The van der Waals surface area contributed by atoms with Gasteiger partial charge in [-0.15, -0.1) is 11.3 Å². The fourth-order valence-electron chi connectivity index (χ4n) is 2.90. The van der Waals surface area contributed by atoms with Gasteiger partial charge in [-0.25, -0.2) is 9.97 Å². The van der Waals surface area contributed by atoms with Crippen molar-refractivity contribution < 1.29 is 9.53 Å². The third-order valence-corrected chi connectivity index (χ3v) is 5.17. The Kier molecular flexibility index (Phi) is 4.84. The van der Waals surface area contributed by atoms with Crippen LogP contribution in [0.5, 0.6) is 0 Å². The maximum atomic E-state index is 11.8. The number of hydrogen-bond donors (Lipinski definition) is 4. The van der Waals surface area contributed by atoms with E-state index in [1.54, 1.807) is 16.8 Å². The Morgan fingerprint density at radius 1 is 1.33 bits per heavy atom. The summed E-state index contributed by atoms with van der Waals surface area (Å²) < 4.78 is 6.43. The van der Waals surface area contributed by atoms with E-state index in [0.717, 1.165) is 22.3 Å². The standard InChI is InChI=1S/C17H19N7O2S/c18-11-7-26-4-3-12(11)23-17-20-6-10(15(19)25)16(24-17)22-9-1-2-14-13(5-9)21-8-27-14/h1-2,5-6,8,11-12H,3-4,7,18H2,(H2,19,25)(H2,20,22,23,24)/t11-,12+/m0/s1. The number of ether oxygens (including phenoxy) is 1. The van der Waals surface area contributed by atoms with Crippen molar-refractivity contribution in [3.8, 4) is 0 Å². The first-order valence-corrected chi connectivity index (χ1v) is 9.35. The Labute approximate surface area is 159 Å². The molecule has 1 aliphatic heterocycles. The van der Waals surface area contributed by atoms with Gasteiger partial charge in [0.15, 0.2) is 0 Å². The highest BCUT2D eigenvalue weighted by atomic mass is 32.1. The number of amides is 1. The van der Waals surface area contributed by atoms with Crippen LogP contribution in [0.25, 0.3) is 10.2 Å². The van der Waals surface area contributed by atoms with Crippen molar-refractivity contribution in [1.82, 2.24) is 15.0 Å². The van der Waals surface area contributed by atoms with Crippen LogP contribution in [0.4, 0.5) is 17.5 Å². The lowest BCUT2D eigenvalue weighted by molar-refractivity contribution is 0.0751. The average molecular weight is 385 g/mol. The Morgan fingerprint density at radius 2 is 2.22 bits per heavy atom. The molecule has 0 bridgehead atoms. The van der Waals surface area contributed by atoms with E-state index in [4.69, 9.17) is 16.2 Å². The summed E-state index contributed by atoms with van der Waals surface area (Å²) in [5, 5.41) is 6.36. The summed E-state index contributed by atoms with van der Waals surface area (Å²) in [4.78, 5) is 24.7. The van der Waals surface area contributed by atoms with Crippen molar-refractivity contribution in [1.29, 1.82) is 0 Å². The van der Waals surface area contributed by atoms with Crippen LogP contribution in [0.1, 0.15) is 16.8 Å². The van der Waals surface area contributed by atoms with E-state index >= 15 is 0 Å². The summed E-state index contributed by atoms with van der Waals surface area (Å²) in [5.74, 6) is 0.0938. The van der Waals surface area contributed by atoms with Crippen molar-refractivity contribution in [3.05, 3.63) is 35.5 Å². The second-order valence-corrected chi connectivity index (χ2v) is 7.14. The number of aromatic nitrogens is 3. The van der Waals surface area contributed by atoms with Crippen molar-refractivity contribution in [2.24, 2.45) is 11.5 Å². The van der Waals surface area contributed by atoms with E-state index < -0.39 is 5.91 Å².